The molecule has 54 heavy (non-hydrogen) atoms. The minimum atomic E-state index is -0.605. The summed E-state index contributed by atoms with van der Waals surface area (Å²) in [4.78, 5) is 57.4. The summed E-state index contributed by atoms with van der Waals surface area (Å²) < 4.78 is 17.2. The molecule has 0 aromatic heterocycles. The van der Waals surface area contributed by atoms with Crippen LogP contribution in [0.15, 0.2) is 54.6 Å². The van der Waals surface area contributed by atoms with Gasteiger partial charge in [-0.25, -0.2) is 4.79 Å². The zero-order chi connectivity index (χ0) is 39.4. The van der Waals surface area contributed by atoms with Crippen molar-refractivity contribution in [1.29, 1.82) is 0 Å². The molecule has 1 heterocycles. The van der Waals surface area contributed by atoms with Gasteiger partial charge in [0.15, 0.2) is 0 Å². The van der Waals surface area contributed by atoms with Crippen LogP contribution < -0.4 is 25.4 Å². The van der Waals surface area contributed by atoms with Crippen molar-refractivity contribution in [2.24, 2.45) is 0 Å². The number of carbonyl (C=O) groups is 4. The van der Waals surface area contributed by atoms with Crippen molar-refractivity contribution in [1.82, 2.24) is 15.1 Å². The Balaban J connectivity index is 1.35. The van der Waals surface area contributed by atoms with Crippen LogP contribution in [-0.2, 0) is 9.53 Å². The minimum Gasteiger partial charge on any atom is -0.505 e. The Bertz CT molecular complexity index is 1780. The van der Waals surface area contributed by atoms with Gasteiger partial charge in [0.25, 0.3) is 5.91 Å². The van der Waals surface area contributed by atoms with Gasteiger partial charge in [-0.3, -0.25) is 14.4 Å². The Kier molecular flexibility index (Phi) is 14.7. The molecule has 4 rings (SSSR count). The second kappa shape index (κ2) is 19.2. The SMILES string of the molecule is Cc1ccc(N(C)C(=O)c2ccc(C(=O)c3ccccc3OCCCNC(=O)OC(C)(C)C)c(O)c2N)c(OCCCCCC(=O)N2CCN(C)CC2)c1. The number of anilines is 2. The van der Waals surface area contributed by atoms with E-state index in [-0.39, 0.29) is 34.9 Å². The van der Waals surface area contributed by atoms with Crippen LogP contribution in [0.4, 0.5) is 16.2 Å². The van der Waals surface area contributed by atoms with Gasteiger partial charge in [0.1, 0.15) is 22.8 Å². The number of para-hydroxylation sites is 1. The third kappa shape index (κ3) is 11.6. The summed E-state index contributed by atoms with van der Waals surface area (Å²) in [6, 6.07) is 14.9. The predicted molar refractivity (Wildman–Crippen MR) is 209 cm³/mol. The number of hydrogen-bond donors (Lipinski definition) is 3. The number of aromatic hydroxyl groups is 1. The molecule has 1 saturated heterocycles. The summed E-state index contributed by atoms with van der Waals surface area (Å²) in [7, 11) is 3.66. The topological polar surface area (TPSA) is 164 Å². The molecule has 292 valence electrons. The number of amides is 3. The molecule has 1 fully saturated rings. The smallest absolute Gasteiger partial charge is 0.407 e. The fraction of sp³-hybridized carbons (Fsp3) is 0.463. The normalized spacial score (nSPS) is 13.3. The van der Waals surface area contributed by atoms with E-state index in [0.29, 0.717) is 43.2 Å². The summed E-state index contributed by atoms with van der Waals surface area (Å²) >= 11 is 0. The molecule has 3 aromatic rings. The van der Waals surface area contributed by atoms with E-state index in [9.17, 15) is 24.3 Å². The summed E-state index contributed by atoms with van der Waals surface area (Å²) in [6.45, 7) is 11.6. The van der Waals surface area contributed by atoms with Gasteiger partial charge in [-0.15, -0.1) is 0 Å². The number of ether oxygens (including phenoxy) is 3. The quantitative estimate of drug-likeness (QED) is 0.0707. The second-order valence-electron chi connectivity index (χ2n) is 14.6. The molecule has 3 aromatic carbocycles. The van der Waals surface area contributed by atoms with E-state index in [0.717, 1.165) is 51.0 Å². The maximum absolute atomic E-state index is 13.8. The highest BCUT2D eigenvalue weighted by atomic mass is 16.6. The maximum atomic E-state index is 13.8. The number of likely N-dealkylation sites (N-methyl/N-ethyl adjacent to an activating group) is 1. The Labute approximate surface area is 318 Å². The number of phenols is 1. The average Bonchev–Trinajstić information content (AvgIpc) is 3.13. The average molecular weight is 746 g/mol. The summed E-state index contributed by atoms with van der Waals surface area (Å²) in [6.07, 6.45) is 2.81. The number of unbranched alkanes of at least 4 members (excludes halogenated alkanes) is 2. The van der Waals surface area contributed by atoms with Gasteiger partial charge in [-0.05, 0) is 102 Å². The number of benzene rings is 3. The number of nitrogens with two attached hydrogens (primary N) is 1. The number of piperazine rings is 1. The molecule has 4 N–H and O–H groups in total. The summed E-state index contributed by atoms with van der Waals surface area (Å²) in [5.74, 6) is -0.532. The molecular weight excluding hydrogens is 690 g/mol. The van der Waals surface area contributed by atoms with Gasteiger partial charge in [0, 0.05) is 46.2 Å². The number of nitrogen functional groups attached to an aromatic ring is 1. The summed E-state index contributed by atoms with van der Waals surface area (Å²) in [5.41, 5.74) is 7.07. The third-order valence-electron chi connectivity index (χ3n) is 9.00. The lowest BCUT2D eigenvalue weighted by molar-refractivity contribution is -0.132. The zero-order valence-electron chi connectivity index (χ0n) is 32.4. The van der Waals surface area contributed by atoms with Crippen molar-refractivity contribution in [3.63, 3.8) is 0 Å². The van der Waals surface area contributed by atoms with E-state index in [1.807, 2.05) is 24.0 Å². The van der Waals surface area contributed by atoms with Crippen LogP contribution in [0.25, 0.3) is 0 Å². The predicted octanol–water partition coefficient (Wildman–Crippen LogP) is 5.80. The van der Waals surface area contributed by atoms with Gasteiger partial charge < -0.3 is 45.1 Å². The van der Waals surface area contributed by atoms with Crippen LogP contribution in [0.2, 0.25) is 0 Å². The van der Waals surface area contributed by atoms with Crippen molar-refractivity contribution in [3.8, 4) is 17.2 Å². The van der Waals surface area contributed by atoms with Crippen molar-refractivity contribution < 1.29 is 38.5 Å². The van der Waals surface area contributed by atoms with Crippen LogP contribution >= 0.6 is 0 Å². The van der Waals surface area contributed by atoms with Crippen molar-refractivity contribution in [2.75, 3.05) is 70.7 Å². The second-order valence-corrected chi connectivity index (χ2v) is 14.6. The highest BCUT2D eigenvalue weighted by Gasteiger charge is 2.26. The van der Waals surface area contributed by atoms with Gasteiger partial charge >= 0.3 is 6.09 Å². The van der Waals surface area contributed by atoms with E-state index >= 15 is 0 Å². The number of ketones is 1. The fourth-order valence-electron chi connectivity index (χ4n) is 5.92. The first-order valence-corrected chi connectivity index (χ1v) is 18.5. The van der Waals surface area contributed by atoms with Gasteiger partial charge in [0.2, 0.25) is 11.7 Å². The standard InChI is InChI=1S/C41H55N5O8/c1-28-16-19-32(34(27-28)53-25-11-7-8-15-35(47)46-23-21-44(5)22-24-46)45(6)39(50)30-17-18-31(38(49)36(30)42)37(48)29-13-9-10-14-33(29)52-26-12-20-43-40(51)54-41(2,3)4/h9-10,13-14,16-19,27,49H,7-8,11-12,15,20-26,42H2,1-6H3,(H,43,51). The molecule has 0 radical (unpaired) electrons. The van der Waals surface area contributed by atoms with Crippen molar-refractivity contribution in [3.05, 3.63) is 76.9 Å². The zero-order valence-corrected chi connectivity index (χ0v) is 32.4. The molecule has 1 aliphatic heterocycles. The van der Waals surface area contributed by atoms with Crippen molar-refractivity contribution in [2.45, 2.75) is 65.4 Å². The van der Waals surface area contributed by atoms with E-state index in [1.165, 1.54) is 17.0 Å². The number of phenolic OH excluding ortho intramolecular Hbond substituents is 1. The number of aryl methyl sites for hydroxylation is 1. The largest absolute Gasteiger partial charge is 0.505 e. The van der Waals surface area contributed by atoms with E-state index in [1.54, 1.807) is 58.2 Å². The molecule has 3 amide bonds. The molecule has 0 unspecified atom stereocenters. The molecule has 0 saturated carbocycles. The molecule has 0 aliphatic carbocycles. The highest BCUT2D eigenvalue weighted by molar-refractivity contribution is 6.16. The first kappa shape index (κ1) is 41.5. The first-order valence-electron chi connectivity index (χ1n) is 18.5. The minimum absolute atomic E-state index is 0.0186. The lowest BCUT2D eigenvalue weighted by Gasteiger charge is -2.32. The summed E-state index contributed by atoms with van der Waals surface area (Å²) in [5, 5.41) is 13.8. The van der Waals surface area contributed by atoms with Crippen LogP contribution in [-0.4, -0.2) is 104 Å². The van der Waals surface area contributed by atoms with Crippen LogP contribution in [0, 0.1) is 6.92 Å². The number of nitrogens with one attached hydrogen (secondary N) is 1. The number of carbonyl (C=O) groups excluding carboxylic acids is 4. The number of alkyl carbamates (subject to hydrolysis) is 1. The molecule has 1 aliphatic rings. The van der Waals surface area contributed by atoms with Gasteiger partial charge in [-0.2, -0.15) is 0 Å². The fourth-order valence-corrected chi connectivity index (χ4v) is 5.92. The van der Waals surface area contributed by atoms with Gasteiger partial charge in [-0.1, -0.05) is 18.2 Å². The highest BCUT2D eigenvalue weighted by Crippen LogP contribution is 2.35. The van der Waals surface area contributed by atoms with Crippen LogP contribution in [0.1, 0.15) is 84.7 Å². The molecular formula is C41H55N5O8. The number of rotatable bonds is 16. The lowest BCUT2D eigenvalue weighted by Crippen LogP contribution is -2.47. The maximum Gasteiger partial charge on any atom is 0.407 e. The van der Waals surface area contributed by atoms with E-state index in [2.05, 4.69) is 17.3 Å². The van der Waals surface area contributed by atoms with Gasteiger partial charge in [0.05, 0.1) is 41.3 Å². The molecule has 0 spiro atoms. The number of hydrogen-bond acceptors (Lipinski definition) is 10. The Hall–Kier alpha value is -5.30. The van der Waals surface area contributed by atoms with E-state index < -0.39 is 29.1 Å². The Morgan fingerprint density at radius 3 is 2.24 bits per heavy atom. The first-order chi connectivity index (χ1) is 25.7. The molecule has 13 nitrogen and oxygen atoms in total. The van der Waals surface area contributed by atoms with E-state index in [4.69, 9.17) is 19.9 Å². The number of nitrogens with zero attached hydrogens (tertiary/aromatic N) is 3. The van der Waals surface area contributed by atoms with Crippen LogP contribution in [0.5, 0.6) is 17.2 Å². The Morgan fingerprint density at radius 1 is 0.852 bits per heavy atom. The molecule has 0 atom stereocenters. The third-order valence-corrected chi connectivity index (χ3v) is 9.00. The van der Waals surface area contributed by atoms with Crippen LogP contribution in [0.3, 0.4) is 0 Å². The monoisotopic (exact) mass is 745 g/mol. The van der Waals surface area contributed by atoms with Crippen molar-refractivity contribution >= 4 is 35.1 Å². The molecule has 0 bridgehead atoms. The molecule has 13 heteroatoms. The Morgan fingerprint density at radius 2 is 1.52 bits per heavy atom. The lowest BCUT2D eigenvalue weighted by atomic mass is 9.98.